The third-order valence-corrected chi connectivity index (χ3v) is 3.44. The van der Waals surface area contributed by atoms with Gasteiger partial charge < -0.3 is 11.1 Å². The highest BCUT2D eigenvalue weighted by Gasteiger charge is 2.14. The van der Waals surface area contributed by atoms with E-state index in [2.05, 4.69) is 15.3 Å². The maximum atomic E-state index is 14.3. The van der Waals surface area contributed by atoms with Gasteiger partial charge in [-0.3, -0.25) is 9.97 Å². The van der Waals surface area contributed by atoms with Crippen LogP contribution in [0.15, 0.2) is 48.9 Å². The Balaban J connectivity index is 2.05. The number of benzene rings is 1. The minimum atomic E-state index is -0.403. The van der Waals surface area contributed by atoms with Crippen molar-refractivity contribution in [3.63, 3.8) is 0 Å². The van der Waals surface area contributed by atoms with Crippen molar-refractivity contribution in [3.05, 3.63) is 60.3 Å². The predicted molar refractivity (Wildman–Crippen MR) is 82.4 cm³/mol. The SMILES string of the molecule is CC(Nc1c(F)cc(N)c2cccnc12)c1ccncc1. The number of rotatable bonds is 3. The van der Waals surface area contributed by atoms with Crippen molar-refractivity contribution in [3.8, 4) is 0 Å². The summed E-state index contributed by atoms with van der Waals surface area (Å²) in [4.78, 5) is 8.24. The molecular weight excluding hydrogens is 267 g/mol. The highest BCUT2D eigenvalue weighted by molar-refractivity contribution is 5.98. The molecule has 106 valence electrons. The zero-order chi connectivity index (χ0) is 14.8. The first-order chi connectivity index (χ1) is 10.2. The fourth-order valence-corrected chi connectivity index (χ4v) is 2.33. The van der Waals surface area contributed by atoms with E-state index in [4.69, 9.17) is 5.73 Å². The number of nitrogen functional groups attached to an aromatic ring is 1. The molecular formula is C16H15FN4. The highest BCUT2D eigenvalue weighted by atomic mass is 19.1. The normalized spacial score (nSPS) is 12.3. The van der Waals surface area contributed by atoms with Gasteiger partial charge in [-0.2, -0.15) is 0 Å². The Labute approximate surface area is 121 Å². The Morgan fingerprint density at radius 1 is 1.19 bits per heavy atom. The molecule has 0 aliphatic rings. The number of halogens is 1. The predicted octanol–water partition coefficient (Wildman–Crippen LogP) is 3.52. The molecule has 0 aliphatic heterocycles. The molecule has 4 nitrogen and oxygen atoms in total. The number of hydrogen-bond donors (Lipinski definition) is 2. The Kier molecular flexibility index (Phi) is 3.39. The van der Waals surface area contributed by atoms with E-state index in [1.807, 2.05) is 25.1 Å². The quantitative estimate of drug-likeness (QED) is 0.721. The summed E-state index contributed by atoms with van der Waals surface area (Å²) in [5.74, 6) is -0.403. The number of anilines is 2. The summed E-state index contributed by atoms with van der Waals surface area (Å²) in [7, 11) is 0. The lowest BCUT2D eigenvalue weighted by atomic mass is 10.1. The summed E-state index contributed by atoms with van der Waals surface area (Å²) in [5.41, 5.74) is 8.16. The van der Waals surface area contributed by atoms with Gasteiger partial charge in [0.15, 0.2) is 5.82 Å². The molecule has 3 aromatic rings. The Bertz CT molecular complexity index is 774. The highest BCUT2D eigenvalue weighted by Crippen LogP contribution is 2.31. The van der Waals surface area contributed by atoms with E-state index in [9.17, 15) is 4.39 Å². The van der Waals surface area contributed by atoms with E-state index >= 15 is 0 Å². The molecule has 0 saturated heterocycles. The van der Waals surface area contributed by atoms with Crippen LogP contribution in [0, 0.1) is 5.82 Å². The smallest absolute Gasteiger partial charge is 0.150 e. The number of nitrogens with zero attached hydrogens (tertiary/aromatic N) is 2. The first-order valence-corrected chi connectivity index (χ1v) is 6.66. The van der Waals surface area contributed by atoms with Crippen LogP contribution in [0.3, 0.4) is 0 Å². The molecule has 5 heteroatoms. The van der Waals surface area contributed by atoms with Crippen molar-refractivity contribution < 1.29 is 4.39 Å². The first-order valence-electron chi connectivity index (χ1n) is 6.66. The van der Waals surface area contributed by atoms with E-state index in [1.165, 1.54) is 6.07 Å². The van der Waals surface area contributed by atoms with Gasteiger partial charge in [0, 0.05) is 35.7 Å². The molecule has 1 unspecified atom stereocenters. The van der Waals surface area contributed by atoms with Crippen LogP contribution in [-0.4, -0.2) is 9.97 Å². The second-order valence-electron chi connectivity index (χ2n) is 4.87. The lowest BCUT2D eigenvalue weighted by Crippen LogP contribution is -2.09. The van der Waals surface area contributed by atoms with Crippen LogP contribution in [0.1, 0.15) is 18.5 Å². The molecule has 2 aromatic heterocycles. The molecule has 0 amide bonds. The Morgan fingerprint density at radius 3 is 2.71 bits per heavy atom. The zero-order valence-corrected chi connectivity index (χ0v) is 11.5. The van der Waals surface area contributed by atoms with Gasteiger partial charge in [-0.1, -0.05) is 0 Å². The van der Waals surface area contributed by atoms with Crippen molar-refractivity contribution in [2.75, 3.05) is 11.1 Å². The average Bonchev–Trinajstić information content (AvgIpc) is 2.52. The van der Waals surface area contributed by atoms with E-state index in [0.717, 1.165) is 10.9 Å². The Morgan fingerprint density at radius 2 is 1.95 bits per heavy atom. The molecule has 2 heterocycles. The van der Waals surface area contributed by atoms with Crippen molar-refractivity contribution in [1.82, 2.24) is 9.97 Å². The second-order valence-corrected chi connectivity index (χ2v) is 4.87. The number of nitrogens with one attached hydrogen (secondary N) is 1. The lowest BCUT2D eigenvalue weighted by molar-refractivity contribution is 0.629. The van der Waals surface area contributed by atoms with Gasteiger partial charge >= 0.3 is 0 Å². The molecule has 3 N–H and O–H groups in total. The second kappa shape index (κ2) is 5.36. The van der Waals surface area contributed by atoms with Crippen LogP contribution in [0.4, 0.5) is 15.8 Å². The molecule has 0 spiro atoms. The number of aromatic nitrogens is 2. The molecule has 0 saturated carbocycles. The van der Waals surface area contributed by atoms with Crippen LogP contribution in [0.25, 0.3) is 10.9 Å². The maximum absolute atomic E-state index is 14.3. The number of hydrogen-bond acceptors (Lipinski definition) is 4. The fraction of sp³-hybridized carbons (Fsp3) is 0.125. The Hall–Kier alpha value is -2.69. The first kappa shape index (κ1) is 13.3. The molecule has 1 atom stereocenters. The minimum Gasteiger partial charge on any atom is -0.398 e. The third-order valence-electron chi connectivity index (χ3n) is 3.44. The molecule has 1 aromatic carbocycles. The molecule has 3 rings (SSSR count). The summed E-state index contributed by atoms with van der Waals surface area (Å²) >= 11 is 0. The van der Waals surface area contributed by atoms with E-state index in [-0.39, 0.29) is 6.04 Å². The van der Waals surface area contributed by atoms with Crippen molar-refractivity contribution >= 4 is 22.3 Å². The van der Waals surface area contributed by atoms with Crippen LogP contribution >= 0.6 is 0 Å². The van der Waals surface area contributed by atoms with Gasteiger partial charge in [-0.25, -0.2) is 4.39 Å². The molecule has 0 bridgehead atoms. The van der Waals surface area contributed by atoms with Gasteiger partial charge in [0.05, 0.1) is 11.2 Å². The number of nitrogens with two attached hydrogens (primary N) is 1. The molecule has 0 aliphatic carbocycles. The largest absolute Gasteiger partial charge is 0.398 e. The van der Waals surface area contributed by atoms with E-state index in [1.54, 1.807) is 24.7 Å². The number of pyridine rings is 2. The van der Waals surface area contributed by atoms with Crippen molar-refractivity contribution in [2.24, 2.45) is 0 Å². The summed E-state index contributed by atoms with van der Waals surface area (Å²) in [5, 5.41) is 3.92. The maximum Gasteiger partial charge on any atom is 0.150 e. The topological polar surface area (TPSA) is 63.8 Å². The summed E-state index contributed by atoms with van der Waals surface area (Å²) in [6.45, 7) is 1.96. The average molecular weight is 282 g/mol. The van der Waals surface area contributed by atoms with Gasteiger partial charge in [0.1, 0.15) is 0 Å². The lowest BCUT2D eigenvalue weighted by Gasteiger charge is -2.18. The third kappa shape index (κ3) is 2.50. The number of fused-ring (bicyclic) bond motifs is 1. The summed E-state index contributed by atoms with van der Waals surface area (Å²) in [6, 6.07) is 8.65. The van der Waals surface area contributed by atoms with Crippen molar-refractivity contribution in [1.29, 1.82) is 0 Å². The summed E-state index contributed by atoms with van der Waals surface area (Å²) in [6.07, 6.45) is 5.05. The van der Waals surface area contributed by atoms with Crippen LogP contribution in [-0.2, 0) is 0 Å². The van der Waals surface area contributed by atoms with Crippen LogP contribution in [0.2, 0.25) is 0 Å². The molecule has 0 fully saturated rings. The zero-order valence-electron chi connectivity index (χ0n) is 11.5. The van der Waals surface area contributed by atoms with E-state index in [0.29, 0.717) is 16.9 Å². The monoisotopic (exact) mass is 282 g/mol. The minimum absolute atomic E-state index is 0.0728. The molecule has 21 heavy (non-hydrogen) atoms. The molecule has 0 radical (unpaired) electrons. The van der Waals surface area contributed by atoms with Crippen molar-refractivity contribution in [2.45, 2.75) is 13.0 Å². The fourth-order valence-electron chi connectivity index (χ4n) is 2.33. The summed E-state index contributed by atoms with van der Waals surface area (Å²) < 4.78 is 14.3. The van der Waals surface area contributed by atoms with Gasteiger partial charge in [0.25, 0.3) is 0 Å². The van der Waals surface area contributed by atoms with Gasteiger partial charge in [-0.15, -0.1) is 0 Å². The standard InChI is InChI=1S/C16H15FN4/c1-10(11-4-7-19-8-5-11)21-16-13(17)9-14(18)12-3-2-6-20-15(12)16/h2-10,21H,18H2,1H3. The van der Waals surface area contributed by atoms with Gasteiger partial charge in [0.2, 0.25) is 0 Å². The van der Waals surface area contributed by atoms with E-state index < -0.39 is 5.82 Å². The van der Waals surface area contributed by atoms with Crippen LogP contribution in [0.5, 0.6) is 0 Å². The van der Waals surface area contributed by atoms with Gasteiger partial charge in [-0.05, 0) is 42.8 Å². The van der Waals surface area contributed by atoms with Crippen LogP contribution < -0.4 is 11.1 Å².